The van der Waals surface area contributed by atoms with Crippen LogP contribution >= 0.6 is 11.6 Å². The van der Waals surface area contributed by atoms with Crippen LogP contribution in [-0.4, -0.2) is 26.9 Å². The lowest BCUT2D eigenvalue weighted by Crippen LogP contribution is -2.63. The summed E-state index contributed by atoms with van der Waals surface area (Å²) < 4.78 is 6.38. The van der Waals surface area contributed by atoms with Crippen LogP contribution in [0.1, 0.15) is 50.4 Å². The lowest BCUT2D eigenvalue weighted by Gasteiger charge is -2.57. The van der Waals surface area contributed by atoms with Crippen LogP contribution in [0.3, 0.4) is 0 Å². The molecule has 7 atom stereocenters. The minimum Gasteiger partial charge on any atom is -0.508 e. The fourth-order valence-electron chi connectivity index (χ4n) is 6.55. The second-order valence-corrected chi connectivity index (χ2v) is 11.0. The van der Waals surface area contributed by atoms with E-state index in [1.54, 1.807) is 18.3 Å². The van der Waals surface area contributed by atoms with Crippen molar-refractivity contribution in [2.24, 2.45) is 29.6 Å². The molecule has 2 aliphatic carbocycles. The van der Waals surface area contributed by atoms with E-state index in [-0.39, 0.29) is 46.2 Å². The Hall–Kier alpha value is -2.53. The molecule has 0 amide bonds. The fraction of sp³-hybridized carbons (Fsp3) is 0.481. The van der Waals surface area contributed by atoms with Crippen LogP contribution in [0.5, 0.6) is 11.6 Å². The van der Waals surface area contributed by atoms with Crippen molar-refractivity contribution in [2.45, 2.75) is 51.0 Å². The van der Waals surface area contributed by atoms with Gasteiger partial charge >= 0.3 is 0 Å². The quantitative estimate of drug-likeness (QED) is 0.447. The highest BCUT2D eigenvalue weighted by molar-refractivity contribution is 6.25. The van der Waals surface area contributed by atoms with Gasteiger partial charge in [-0.25, -0.2) is 0 Å². The van der Waals surface area contributed by atoms with E-state index >= 15 is 0 Å². The number of carbonyl (C=O) groups is 1. The van der Waals surface area contributed by atoms with Crippen molar-refractivity contribution < 1.29 is 14.6 Å². The Balaban J connectivity index is 1.64. The molecule has 0 saturated heterocycles. The summed E-state index contributed by atoms with van der Waals surface area (Å²) in [6.45, 7) is 6.25. The van der Waals surface area contributed by atoms with Gasteiger partial charge in [-0.1, -0.05) is 37.6 Å². The van der Waals surface area contributed by atoms with E-state index in [1.807, 2.05) is 19.9 Å². The molecule has 1 aromatic carbocycles. The highest BCUT2D eigenvalue weighted by atomic mass is 35.5. The van der Waals surface area contributed by atoms with E-state index in [0.717, 1.165) is 19.3 Å². The first-order valence-electron chi connectivity index (χ1n) is 11.8. The first-order chi connectivity index (χ1) is 15.7. The Bertz CT molecular complexity index is 1170. The van der Waals surface area contributed by atoms with Crippen LogP contribution in [0.2, 0.25) is 0 Å². The van der Waals surface area contributed by atoms with E-state index in [1.165, 1.54) is 12.1 Å². The summed E-state index contributed by atoms with van der Waals surface area (Å²) in [5.41, 5.74) is 0.725. The normalized spacial score (nSPS) is 35.5. The number of aromatic hydroxyl groups is 1. The largest absolute Gasteiger partial charge is 0.508 e. The molecule has 2 heterocycles. The predicted molar refractivity (Wildman–Crippen MR) is 129 cm³/mol. The van der Waals surface area contributed by atoms with E-state index in [2.05, 4.69) is 18.0 Å². The van der Waals surface area contributed by atoms with Crippen LogP contribution in [0, 0.1) is 29.6 Å². The van der Waals surface area contributed by atoms with Crippen molar-refractivity contribution >= 4 is 17.4 Å². The number of aromatic nitrogens is 1. The number of phenols is 1. The van der Waals surface area contributed by atoms with Crippen LogP contribution in [0.4, 0.5) is 0 Å². The van der Waals surface area contributed by atoms with Gasteiger partial charge in [0, 0.05) is 11.8 Å². The molecule has 2 saturated carbocycles. The van der Waals surface area contributed by atoms with E-state index in [9.17, 15) is 14.7 Å². The number of aromatic amines is 1. The molecule has 33 heavy (non-hydrogen) atoms. The van der Waals surface area contributed by atoms with Gasteiger partial charge in [0.2, 0.25) is 11.3 Å². The van der Waals surface area contributed by atoms with Crippen LogP contribution < -0.4 is 10.2 Å². The number of allylic oxidation sites excluding steroid dienone is 2. The average Bonchev–Trinajstić information content (AvgIpc) is 2.77. The van der Waals surface area contributed by atoms with Gasteiger partial charge in [-0.2, -0.15) is 0 Å². The molecule has 174 valence electrons. The second-order valence-electron chi connectivity index (χ2n) is 10.2. The molecule has 1 aromatic heterocycles. The minimum atomic E-state index is -0.701. The maximum Gasteiger partial charge on any atom is 0.206 e. The highest BCUT2D eigenvalue weighted by Crippen LogP contribution is 2.57. The Labute approximate surface area is 198 Å². The predicted octanol–water partition coefficient (Wildman–Crippen LogP) is 5.56. The molecular weight excluding hydrogens is 438 g/mol. The van der Waals surface area contributed by atoms with Gasteiger partial charge in [0.1, 0.15) is 17.4 Å². The van der Waals surface area contributed by atoms with Crippen LogP contribution in [0.25, 0.3) is 11.1 Å². The summed E-state index contributed by atoms with van der Waals surface area (Å²) >= 11 is 7.23. The molecule has 3 aliphatic rings. The Morgan fingerprint density at radius 1 is 1.21 bits per heavy atom. The summed E-state index contributed by atoms with van der Waals surface area (Å²) in [6, 6.07) is 6.37. The average molecular weight is 468 g/mol. The summed E-state index contributed by atoms with van der Waals surface area (Å²) in [7, 11) is 0. The Kier molecular flexibility index (Phi) is 5.43. The van der Waals surface area contributed by atoms with Gasteiger partial charge in [0.05, 0.1) is 10.8 Å². The van der Waals surface area contributed by atoms with Gasteiger partial charge in [-0.05, 0) is 68.1 Å². The number of H-pyrrole nitrogens is 1. The molecule has 0 bridgehead atoms. The molecule has 0 unspecified atom stereocenters. The van der Waals surface area contributed by atoms with Gasteiger partial charge in [0.25, 0.3) is 0 Å². The maximum atomic E-state index is 14.0. The van der Waals surface area contributed by atoms with E-state index in [0.29, 0.717) is 17.0 Å². The van der Waals surface area contributed by atoms with Crippen molar-refractivity contribution in [1.82, 2.24) is 4.98 Å². The number of hydrogen-bond acceptors (Lipinski definition) is 4. The summed E-state index contributed by atoms with van der Waals surface area (Å²) in [5, 5.41) is 9.60. The van der Waals surface area contributed by atoms with Crippen LogP contribution in [0.15, 0.2) is 47.4 Å². The molecule has 5 nitrogen and oxygen atoms in total. The van der Waals surface area contributed by atoms with Crippen molar-refractivity contribution in [3.63, 3.8) is 0 Å². The Morgan fingerprint density at radius 2 is 1.94 bits per heavy atom. The van der Waals surface area contributed by atoms with Crippen molar-refractivity contribution in [2.75, 3.05) is 0 Å². The number of halogens is 1. The lowest BCUT2D eigenvalue weighted by atomic mass is 9.53. The third-order valence-electron chi connectivity index (χ3n) is 8.11. The molecule has 1 aliphatic heterocycles. The monoisotopic (exact) mass is 467 g/mol. The van der Waals surface area contributed by atoms with Crippen molar-refractivity contribution in [3.8, 4) is 22.8 Å². The molecular formula is C27H30ClNO4. The molecule has 2 fully saturated rings. The number of alkyl halides is 1. The zero-order valence-corrected chi connectivity index (χ0v) is 19.9. The van der Waals surface area contributed by atoms with Gasteiger partial charge < -0.3 is 14.8 Å². The third-order valence-corrected chi connectivity index (χ3v) is 8.61. The molecule has 5 rings (SSSR count). The molecule has 0 radical (unpaired) electrons. The number of carbonyl (C=O) groups excluding carboxylic acids is 1. The van der Waals surface area contributed by atoms with Crippen molar-refractivity contribution in [3.05, 3.63) is 58.4 Å². The van der Waals surface area contributed by atoms with Crippen molar-refractivity contribution in [1.29, 1.82) is 0 Å². The number of fused-ring (bicyclic) bond motifs is 3. The number of ether oxygens (including phenoxy) is 1. The summed E-state index contributed by atoms with van der Waals surface area (Å²) in [6.07, 6.45) is 8.37. The number of hydrogen-bond donors (Lipinski definition) is 2. The number of benzene rings is 1. The van der Waals surface area contributed by atoms with Gasteiger partial charge in [-0.3, -0.25) is 9.59 Å². The smallest absolute Gasteiger partial charge is 0.206 e. The lowest BCUT2D eigenvalue weighted by molar-refractivity contribution is -0.0514. The molecule has 6 heteroatoms. The first-order valence-corrected chi connectivity index (χ1v) is 12.2. The number of nitrogens with one attached hydrogen (secondary N) is 1. The van der Waals surface area contributed by atoms with E-state index in [4.69, 9.17) is 16.3 Å². The zero-order chi connectivity index (χ0) is 23.5. The maximum absolute atomic E-state index is 14.0. The molecule has 2 N–H and O–H groups in total. The van der Waals surface area contributed by atoms with E-state index < -0.39 is 16.9 Å². The van der Waals surface area contributed by atoms with Gasteiger partial charge in [-0.15, -0.1) is 11.6 Å². The topological polar surface area (TPSA) is 79.4 Å². The first kappa shape index (κ1) is 22.3. The number of Topliss-reactive ketones (excluding diaryl/α,β-unsaturated/α-hetero) is 1. The summed E-state index contributed by atoms with van der Waals surface area (Å²) in [4.78, 5) is 29.9. The Morgan fingerprint density at radius 3 is 2.64 bits per heavy atom. The number of ketones is 1. The fourth-order valence-corrected chi connectivity index (χ4v) is 7.00. The minimum absolute atomic E-state index is 0.0167. The SMILES string of the molecule is C/C=C/[C@@H]1[C@H]2C[C@@H](C)CC[C@@H]2[C@](C)(Cl)[C@H]2Oc3[nH]cc(-c4ccc(O)cc4)c(=O)c3C(=O)[C@@H]12. The number of phenolic OH excluding ortho intramolecular Hbond substituents is 1. The number of pyridine rings is 1. The van der Waals surface area contributed by atoms with Gasteiger partial charge in [0.15, 0.2) is 5.78 Å². The summed E-state index contributed by atoms with van der Waals surface area (Å²) in [5.74, 6) is 0.731. The number of rotatable bonds is 2. The third kappa shape index (κ3) is 3.43. The zero-order valence-electron chi connectivity index (χ0n) is 19.2. The highest BCUT2D eigenvalue weighted by Gasteiger charge is 2.61. The second kappa shape index (κ2) is 8.05. The van der Waals surface area contributed by atoms with Crippen LogP contribution in [-0.2, 0) is 0 Å². The molecule has 2 aromatic rings. The standard InChI is InChI=1S/C27H30ClNO4/c1-4-5-17-18-12-14(2)6-11-20(18)27(3,28)25-21(17)24(32)22-23(31)19(13-29-26(22)33-25)15-7-9-16(30)10-8-15/h4-5,7-10,13-14,17-18,20-21,25,30H,6,11-12H2,1-3H3,(H,29,31)/b5-4+/t14-,17+,18+,20-,21+,25-,27-/m0/s1. The molecule has 0 spiro atoms.